The van der Waals surface area contributed by atoms with Gasteiger partial charge in [-0.25, -0.2) is 0 Å². The number of rotatable bonds is 9. The molecule has 1 fully saturated rings. The average Bonchev–Trinajstić information content (AvgIpc) is 3.77. The van der Waals surface area contributed by atoms with Crippen molar-refractivity contribution >= 4 is 56.5 Å². The number of anilines is 1. The van der Waals surface area contributed by atoms with Gasteiger partial charge in [-0.3, -0.25) is 14.5 Å². The molecular weight excluding hydrogens is 619 g/mol. The largest absolute Gasteiger partial charge is 0.507 e. The monoisotopic (exact) mass is 647 g/mol. The van der Waals surface area contributed by atoms with E-state index in [1.54, 1.807) is 42.5 Å². The number of Topliss-reactive ketones (excluding diaryl/α,β-unsaturated/α-hetero) is 1. The maximum atomic E-state index is 13.8. The summed E-state index contributed by atoms with van der Waals surface area (Å²) in [7, 11) is 0. The molecule has 0 aliphatic carbocycles. The van der Waals surface area contributed by atoms with E-state index < -0.39 is 17.7 Å². The Morgan fingerprint density at radius 2 is 1.91 bits per heavy atom. The van der Waals surface area contributed by atoms with Crippen LogP contribution in [0.15, 0.2) is 107 Å². The van der Waals surface area contributed by atoms with Crippen LogP contribution in [0, 0.1) is 0 Å². The number of aliphatic hydroxyl groups is 1. The molecule has 46 heavy (non-hydrogen) atoms. The smallest absolute Gasteiger partial charge is 0.301 e. The van der Waals surface area contributed by atoms with Gasteiger partial charge in [-0.15, -0.1) is 10.2 Å². The SMILES string of the molecule is C=CCOc1cccc([C@@H]2/C(=C(\O)c3ccc4c(c3)C[C@@H](C)O4)C(=O)C(=O)N2c2nnc(SCc3cccc4ccccc34)s2)c1. The zero-order valence-corrected chi connectivity index (χ0v) is 26.5. The highest BCUT2D eigenvalue weighted by atomic mass is 32.2. The quantitative estimate of drug-likeness (QED) is 0.0438. The summed E-state index contributed by atoms with van der Waals surface area (Å²) in [6.07, 6.45) is 2.33. The molecule has 0 radical (unpaired) electrons. The molecule has 0 bridgehead atoms. The van der Waals surface area contributed by atoms with Crippen LogP contribution in [-0.4, -0.2) is 39.7 Å². The van der Waals surface area contributed by atoms with Crippen molar-refractivity contribution in [2.45, 2.75) is 35.6 Å². The van der Waals surface area contributed by atoms with E-state index in [2.05, 4.69) is 41.0 Å². The number of fused-ring (bicyclic) bond motifs is 2. The number of ether oxygens (including phenoxy) is 2. The van der Waals surface area contributed by atoms with E-state index in [1.165, 1.54) is 33.4 Å². The van der Waals surface area contributed by atoms with Crippen LogP contribution in [0.3, 0.4) is 0 Å². The van der Waals surface area contributed by atoms with Gasteiger partial charge in [-0.2, -0.15) is 0 Å². The Morgan fingerprint density at radius 1 is 1.09 bits per heavy atom. The van der Waals surface area contributed by atoms with Crippen molar-refractivity contribution in [3.05, 3.63) is 125 Å². The maximum absolute atomic E-state index is 13.8. The molecule has 2 aliphatic rings. The molecule has 1 aromatic heterocycles. The summed E-state index contributed by atoms with van der Waals surface area (Å²) >= 11 is 2.74. The van der Waals surface area contributed by atoms with E-state index in [0.717, 1.165) is 22.3 Å². The van der Waals surface area contributed by atoms with Crippen LogP contribution >= 0.6 is 23.1 Å². The number of nitrogens with zero attached hydrogens (tertiary/aromatic N) is 3. The second kappa shape index (κ2) is 12.5. The Bertz CT molecular complexity index is 2030. The van der Waals surface area contributed by atoms with Crippen LogP contribution in [0.25, 0.3) is 16.5 Å². The summed E-state index contributed by atoms with van der Waals surface area (Å²) in [5.74, 6) is 0.0853. The molecule has 3 heterocycles. The molecule has 7 rings (SSSR count). The van der Waals surface area contributed by atoms with Gasteiger partial charge in [0.2, 0.25) is 5.13 Å². The van der Waals surface area contributed by atoms with Crippen molar-refractivity contribution in [3.63, 3.8) is 0 Å². The lowest BCUT2D eigenvalue weighted by Crippen LogP contribution is -2.29. The third-order valence-corrected chi connectivity index (χ3v) is 10.1. The summed E-state index contributed by atoms with van der Waals surface area (Å²) in [5, 5.41) is 23.0. The van der Waals surface area contributed by atoms with E-state index in [0.29, 0.717) is 33.4 Å². The number of benzene rings is 4. The van der Waals surface area contributed by atoms with Crippen LogP contribution < -0.4 is 14.4 Å². The summed E-state index contributed by atoms with van der Waals surface area (Å²) in [5.41, 5.74) is 3.07. The van der Waals surface area contributed by atoms with E-state index in [4.69, 9.17) is 9.47 Å². The second-order valence-electron chi connectivity index (χ2n) is 11.1. The first-order chi connectivity index (χ1) is 22.4. The highest BCUT2D eigenvalue weighted by Crippen LogP contribution is 2.45. The van der Waals surface area contributed by atoms with Gasteiger partial charge >= 0.3 is 5.91 Å². The van der Waals surface area contributed by atoms with Crippen LogP contribution in [0.4, 0.5) is 5.13 Å². The van der Waals surface area contributed by atoms with Crippen molar-refractivity contribution in [1.82, 2.24) is 10.2 Å². The van der Waals surface area contributed by atoms with Gasteiger partial charge in [0.15, 0.2) is 4.34 Å². The lowest BCUT2D eigenvalue weighted by Gasteiger charge is -2.23. The molecule has 2 aliphatic heterocycles. The number of ketones is 1. The first-order valence-corrected chi connectivity index (χ1v) is 16.6. The Balaban J connectivity index is 1.26. The average molecular weight is 648 g/mol. The highest BCUT2D eigenvalue weighted by molar-refractivity contribution is 8.00. The van der Waals surface area contributed by atoms with Crippen molar-refractivity contribution in [2.75, 3.05) is 11.5 Å². The molecule has 0 spiro atoms. The first kappa shape index (κ1) is 29.8. The van der Waals surface area contributed by atoms with Crippen LogP contribution in [-0.2, 0) is 21.8 Å². The fourth-order valence-corrected chi connectivity index (χ4v) is 7.79. The maximum Gasteiger partial charge on any atom is 0.301 e. The van der Waals surface area contributed by atoms with Crippen molar-refractivity contribution in [1.29, 1.82) is 0 Å². The molecule has 8 nitrogen and oxygen atoms in total. The predicted octanol–water partition coefficient (Wildman–Crippen LogP) is 7.50. The molecule has 0 saturated carbocycles. The van der Waals surface area contributed by atoms with Gasteiger partial charge in [0, 0.05) is 17.7 Å². The summed E-state index contributed by atoms with van der Waals surface area (Å²) < 4.78 is 12.2. The number of hydrogen-bond acceptors (Lipinski definition) is 9. The molecule has 0 unspecified atom stereocenters. The van der Waals surface area contributed by atoms with Gasteiger partial charge in [-0.05, 0) is 64.7 Å². The van der Waals surface area contributed by atoms with E-state index in [1.807, 2.05) is 31.2 Å². The van der Waals surface area contributed by atoms with Crippen molar-refractivity contribution in [3.8, 4) is 11.5 Å². The van der Waals surface area contributed by atoms with Crippen molar-refractivity contribution in [2.24, 2.45) is 0 Å². The Hall–Kier alpha value is -4.93. The van der Waals surface area contributed by atoms with Crippen LogP contribution in [0.2, 0.25) is 0 Å². The number of aromatic nitrogens is 2. The minimum absolute atomic E-state index is 0.0152. The fraction of sp³-hybridized carbons (Fsp3) is 0.167. The number of carbonyl (C=O) groups excluding carboxylic acids is 2. The van der Waals surface area contributed by atoms with Gasteiger partial charge in [0.1, 0.15) is 30.0 Å². The second-order valence-corrected chi connectivity index (χ2v) is 13.3. The molecule has 5 aromatic rings. The highest BCUT2D eigenvalue weighted by Gasteiger charge is 2.48. The summed E-state index contributed by atoms with van der Waals surface area (Å²) in [6.45, 7) is 5.97. The van der Waals surface area contributed by atoms with Gasteiger partial charge < -0.3 is 14.6 Å². The molecule has 1 N–H and O–H groups in total. The number of amides is 1. The van der Waals surface area contributed by atoms with Crippen LogP contribution in [0.5, 0.6) is 11.5 Å². The molecule has 1 amide bonds. The third-order valence-electron chi connectivity index (χ3n) is 7.99. The van der Waals surface area contributed by atoms with E-state index >= 15 is 0 Å². The zero-order valence-electron chi connectivity index (χ0n) is 24.9. The third kappa shape index (κ3) is 5.54. The van der Waals surface area contributed by atoms with E-state index in [9.17, 15) is 14.7 Å². The van der Waals surface area contributed by atoms with E-state index in [-0.39, 0.29) is 29.2 Å². The summed E-state index contributed by atoms with van der Waals surface area (Å²) in [4.78, 5) is 28.8. The Morgan fingerprint density at radius 3 is 2.78 bits per heavy atom. The van der Waals surface area contributed by atoms with Crippen molar-refractivity contribution < 1.29 is 24.2 Å². The van der Waals surface area contributed by atoms with Gasteiger partial charge in [0.05, 0.1) is 11.6 Å². The topological polar surface area (TPSA) is 102 Å². The summed E-state index contributed by atoms with van der Waals surface area (Å²) in [6, 6.07) is 25.9. The lowest BCUT2D eigenvalue weighted by atomic mass is 9.94. The van der Waals surface area contributed by atoms with Gasteiger partial charge in [0.25, 0.3) is 5.78 Å². The standard InChI is InChI=1S/C36H29N3O5S2/c1-3-16-43-27-12-7-10-23(19-27)31-30(32(40)24-14-15-29-26(18-24)17-21(2)44-29)33(41)34(42)39(31)35-37-38-36(46-35)45-20-25-11-6-9-22-8-4-5-13-28(22)25/h3-15,18-19,21,31,40H,1,16-17,20H2,2H3/b32-30+/t21-,31-/m1/s1. The zero-order chi connectivity index (χ0) is 31.8. The molecule has 10 heteroatoms. The number of carbonyl (C=O) groups is 2. The fourth-order valence-electron chi connectivity index (χ4n) is 5.92. The predicted molar refractivity (Wildman–Crippen MR) is 181 cm³/mol. The normalized spacial score (nSPS) is 18.5. The Kier molecular flexibility index (Phi) is 8.06. The lowest BCUT2D eigenvalue weighted by molar-refractivity contribution is -0.132. The minimum atomic E-state index is -0.959. The molecule has 4 aromatic carbocycles. The molecule has 230 valence electrons. The van der Waals surface area contributed by atoms with Crippen LogP contribution in [0.1, 0.15) is 35.2 Å². The molecule has 2 atom stereocenters. The minimum Gasteiger partial charge on any atom is -0.507 e. The number of aliphatic hydroxyl groups excluding tert-OH is 1. The first-order valence-electron chi connectivity index (χ1n) is 14.8. The number of hydrogen-bond donors (Lipinski definition) is 1. The van der Waals surface area contributed by atoms with Gasteiger partial charge in [-0.1, -0.05) is 90.4 Å². The Labute approximate surface area is 274 Å². The molecular formula is C36H29N3O5S2. The number of thioether (sulfide) groups is 1. The molecule has 1 saturated heterocycles.